The zero-order valence-electron chi connectivity index (χ0n) is 22.5. The van der Waals surface area contributed by atoms with Crippen molar-refractivity contribution in [3.8, 4) is 5.75 Å². The van der Waals surface area contributed by atoms with Gasteiger partial charge in [0, 0.05) is 24.7 Å². The van der Waals surface area contributed by atoms with Crippen LogP contribution in [0.2, 0.25) is 0 Å². The number of anilines is 1. The maximum absolute atomic E-state index is 13.9. The number of sulfonamides is 1. The summed E-state index contributed by atoms with van der Waals surface area (Å²) in [6.45, 7) is 1.21. The molecule has 2 amide bonds. The van der Waals surface area contributed by atoms with Crippen LogP contribution in [0.3, 0.4) is 0 Å². The number of carbonyl (C=O) groups is 2. The largest absolute Gasteiger partial charge is 0.495 e. The third kappa shape index (κ3) is 7.92. The van der Waals surface area contributed by atoms with Gasteiger partial charge >= 0.3 is 0 Å². The first kappa shape index (κ1) is 29.9. The van der Waals surface area contributed by atoms with Crippen LogP contribution < -0.4 is 14.4 Å². The van der Waals surface area contributed by atoms with Crippen LogP contribution in [0.5, 0.6) is 5.75 Å². The molecule has 0 aliphatic heterocycles. The minimum Gasteiger partial charge on any atom is -0.495 e. The van der Waals surface area contributed by atoms with Crippen molar-refractivity contribution in [1.82, 2.24) is 10.2 Å². The van der Waals surface area contributed by atoms with Gasteiger partial charge in [0.05, 0.1) is 18.3 Å². The Kier molecular flexibility index (Phi) is 10.3. The number of nitrogens with one attached hydrogen (secondary N) is 1. The van der Waals surface area contributed by atoms with E-state index in [0.717, 1.165) is 54.3 Å². The predicted molar refractivity (Wildman–Crippen MR) is 148 cm³/mol. The monoisotopic (exact) mass is 560 g/mol. The smallest absolute Gasteiger partial charge is 0.271 e. The number of nitro groups is 1. The van der Waals surface area contributed by atoms with E-state index >= 15 is 0 Å². The van der Waals surface area contributed by atoms with Gasteiger partial charge in [-0.2, -0.15) is 0 Å². The summed E-state index contributed by atoms with van der Waals surface area (Å²) in [6, 6.07) is 11.8. The average molecular weight is 561 g/mol. The summed E-state index contributed by atoms with van der Waals surface area (Å²) in [4.78, 5) is 39.4. The van der Waals surface area contributed by atoms with Crippen LogP contribution in [0, 0.1) is 10.1 Å². The lowest BCUT2D eigenvalue weighted by atomic mass is 9.95. The van der Waals surface area contributed by atoms with Crippen LogP contribution >= 0.6 is 0 Å². The van der Waals surface area contributed by atoms with Crippen molar-refractivity contribution in [2.24, 2.45) is 0 Å². The van der Waals surface area contributed by atoms with Crippen molar-refractivity contribution in [3.63, 3.8) is 0 Å². The summed E-state index contributed by atoms with van der Waals surface area (Å²) < 4.78 is 31.8. The molecule has 0 spiro atoms. The molecule has 0 heterocycles. The summed E-state index contributed by atoms with van der Waals surface area (Å²) in [5, 5.41) is 14.5. The first-order valence-corrected chi connectivity index (χ1v) is 14.8. The van der Waals surface area contributed by atoms with Gasteiger partial charge in [0.1, 0.15) is 24.0 Å². The van der Waals surface area contributed by atoms with Gasteiger partial charge in [-0.25, -0.2) is 8.42 Å². The van der Waals surface area contributed by atoms with Gasteiger partial charge in [-0.1, -0.05) is 56.5 Å². The van der Waals surface area contributed by atoms with Crippen LogP contribution in [-0.2, 0) is 26.2 Å². The topological polar surface area (TPSA) is 139 Å². The first-order chi connectivity index (χ1) is 18.5. The van der Waals surface area contributed by atoms with Gasteiger partial charge in [-0.15, -0.1) is 0 Å². The number of hydrogen-bond donors (Lipinski definition) is 1. The van der Waals surface area contributed by atoms with Crippen LogP contribution in [0.1, 0.15) is 51.0 Å². The Hall–Kier alpha value is -3.67. The van der Waals surface area contributed by atoms with Gasteiger partial charge in [-0.3, -0.25) is 24.0 Å². The predicted octanol–water partition coefficient (Wildman–Crippen LogP) is 3.63. The van der Waals surface area contributed by atoms with Crippen molar-refractivity contribution in [2.45, 2.75) is 64.1 Å². The van der Waals surface area contributed by atoms with E-state index in [9.17, 15) is 28.1 Å². The number of non-ortho nitro benzene ring substituents is 1. The van der Waals surface area contributed by atoms with Gasteiger partial charge < -0.3 is 15.0 Å². The lowest BCUT2D eigenvalue weighted by Gasteiger charge is -2.34. The summed E-state index contributed by atoms with van der Waals surface area (Å²) in [6.07, 6.45) is 6.17. The Morgan fingerprint density at radius 2 is 1.79 bits per heavy atom. The van der Waals surface area contributed by atoms with Crippen molar-refractivity contribution < 1.29 is 27.7 Å². The molecule has 0 saturated heterocycles. The molecule has 1 saturated carbocycles. The van der Waals surface area contributed by atoms with E-state index in [4.69, 9.17) is 4.74 Å². The fourth-order valence-electron chi connectivity index (χ4n) is 4.83. The molecule has 1 unspecified atom stereocenters. The number of ether oxygens (including phenoxy) is 1. The molecule has 12 heteroatoms. The molecule has 0 aromatic heterocycles. The quantitative estimate of drug-likeness (QED) is 0.309. The lowest BCUT2D eigenvalue weighted by molar-refractivity contribution is -0.384. The van der Waals surface area contributed by atoms with E-state index in [1.807, 2.05) is 30.3 Å². The minimum absolute atomic E-state index is 0.0376. The molecular formula is C27H36N4O7S. The number of carbonyl (C=O) groups excluding carboxylic acids is 2. The summed E-state index contributed by atoms with van der Waals surface area (Å²) in [5.41, 5.74) is 0.279. The van der Waals surface area contributed by atoms with E-state index in [1.165, 1.54) is 24.1 Å². The van der Waals surface area contributed by atoms with E-state index in [-0.39, 0.29) is 35.6 Å². The number of hydrogen-bond acceptors (Lipinski definition) is 7. The second-order valence-electron chi connectivity index (χ2n) is 9.66. The number of nitrogens with zero attached hydrogens (tertiary/aromatic N) is 3. The van der Waals surface area contributed by atoms with Crippen molar-refractivity contribution in [3.05, 3.63) is 64.2 Å². The standard InChI is InChI=1S/C27H36N4O7S/c1-4-23(27(33)28-21-13-9-6-10-14-21)29(18-20-11-7-5-8-12-20)26(32)19-30(39(3,36)37)24-17-22(31(34)35)15-16-25(24)38-2/h5,7-8,11-12,15-17,21,23H,4,6,9-10,13-14,18-19H2,1-3H3,(H,28,33). The van der Waals surface area contributed by atoms with Crippen LogP contribution in [0.25, 0.3) is 0 Å². The van der Waals surface area contributed by atoms with Gasteiger partial charge in [0.2, 0.25) is 21.8 Å². The highest BCUT2D eigenvalue weighted by molar-refractivity contribution is 7.92. The molecule has 1 atom stereocenters. The molecular weight excluding hydrogens is 524 g/mol. The second kappa shape index (κ2) is 13.4. The molecule has 1 aliphatic rings. The van der Waals surface area contributed by atoms with Crippen molar-refractivity contribution >= 4 is 33.2 Å². The van der Waals surface area contributed by atoms with E-state index in [2.05, 4.69) is 5.32 Å². The zero-order chi connectivity index (χ0) is 28.6. The molecule has 0 radical (unpaired) electrons. The Balaban J connectivity index is 1.98. The fraction of sp³-hybridized carbons (Fsp3) is 0.481. The Morgan fingerprint density at radius 1 is 1.13 bits per heavy atom. The molecule has 1 N–H and O–H groups in total. The minimum atomic E-state index is -4.09. The molecule has 11 nitrogen and oxygen atoms in total. The highest BCUT2D eigenvalue weighted by atomic mass is 32.2. The summed E-state index contributed by atoms with van der Waals surface area (Å²) in [5.74, 6) is -0.855. The Morgan fingerprint density at radius 3 is 2.36 bits per heavy atom. The SMILES string of the molecule is CCC(C(=O)NC1CCCCC1)N(Cc1ccccc1)C(=O)CN(c1cc([N+](=O)[O-])ccc1OC)S(C)(=O)=O. The van der Waals surface area contributed by atoms with Crippen molar-refractivity contribution in [2.75, 3.05) is 24.2 Å². The molecule has 39 heavy (non-hydrogen) atoms. The highest BCUT2D eigenvalue weighted by Gasteiger charge is 2.34. The Bertz CT molecular complexity index is 1260. The highest BCUT2D eigenvalue weighted by Crippen LogP contribution is 2.34. The van der Waals surface area contributed by atoms with Gasteiger partial charge in [0.15, 0.2) is 0 Å². The fourth-order valence-corrected chi connectivity index (χ4v) is 5.67. The van der Waals surface area contributed by atoms with Crippen LogP contribution in [0.15, 0.2) is 48.5 Å². The molecule has 2 aromatic carbocycles. The summed E-state index contributed by atoms with van der Waals surface area (Å²) >= 11 is 0. The number of rotatable bonds is 12. The number of amides is 2. The third-order valence-electron chi connectivity index (χ3n) is 6.85. The first-order valence-electron chi connectivity index (χ1n) is 13.0. The Labute approximate surface area is 229 Å². The van der Waals surface area contributed by atoms with E-state index in [1.54, 1.807) is 6.92 Å². The van der Waals surface area contributed by atoms with Gasteiger partial charge in [0.25, 0.3) is 5.69 Å². The number of methoxy groups -OCH3 is 1. The molecule has 3 rings (SSSR count). The normalized spacial score (nSPS) is 14.7. The van der Waals surface area contributed by atoms with Gasteiger partial charge in [-0.05, 0) is 30.9 Å². The van der Waals surface area contributed by atoms with Crippen LogP contribution in [-0.4, -0.2) is 62.0 Å². The maximum atomic E-state index is 13.9. The molecule has 0 bridgehead atoms. The number of nitro benzene ring substituents is 1. The molecule has 212 valence electrons. The zero-order valence-corrected chi connectivity index (χ0v) is 23.4. The lowest BCUT2D eigenvalue weighted by Crippen LogP contribution is -2.54. The van der Waals surface area contributed by atoms with E-state index in [0.29, 0.717) is 6.42 Å². The molecule has 2 aromatic rings. The second-order valence-corrected chi connectivity index (χ2v) is 11.6. The third-order valence-corrected chi connectivity index (χ3v) is 7.98. The average Bonchev–Trinajstić information content (AvgIpc) is 2.91. The van der Waals surface area contributed by atoms with Crippen molar-refractivity contribution in [1.29, 1.82) is 0 Å². The maximum Gasteiger partial charge on any atom is 0.271 e. The molecule has 1 aliphatic carbocycles. The number of benzene rings is 2. The summed E-state index contributed by atoms with van der Waals surface area (Å²) in [7, 11) is -2.78. The molecule has 1 fully saturated rings. The van der Waals surface area contributed by atoms with Crippen LogP contribution in [0.4, 0.5) is 11.4 Å². The van der Waals surface area contributed by atoms with E-state index < -0.39 is 33.4 Å².